The van der Waals surface area contributed by atoms with Crippen LogP contribution in [0, 0.1) is 19.7 Å². The highest BCUT2D eigenvalue weighted by atomic mass is 19.1. The van der Waals surface area contributed by atoms with Crippen LogP contribution >= 0.6 is 0 Å². The SMILES string of the molecule is Cc1noc(C)c1C(C)CNC(=O)c1cnoc1-c1ccccc1F. The smallest absolute Gasteiger partial charge is 0.256 e. The fourth-order valence-corrected chi connectivity index (χ4v) is 2.88. The number of aromatic nitrogens is 2. The van der Waals surface area contributed by atoms with Gasteiger partial charge in [-0.15, -0.1) is 0 Å². The molecular weight excluding hydrogens is 325 g/mol. The zero-order valence-electron chi connectivity index (χ0n) is 14.2. The lowest BCUT2D eigenvalue weighted by molar-refractivity contribution is 0.0951. The van der Waals surface area contributed by atoms with E-state index >= 15 is 0 Å². The zero-order chi connectivity index (χ0) is 18.0. The molecule has 0 aliphatic heterocycles. The first-order chi connectivity index (χ1) is 12.0. The van der Waals surface area contributed by atoms with Gasteiger partial charge in [-0.25, -0.2) is 4.39 Å². The van der Waals surface area contributed by atoms with Gasteiger partial charge in [0.05, 0.1) is 17.5 Å². The van der Waals surface area contributed by atoms with Gasteiger partial charge in [0.1, 0.15) is 17.1 Å². The standard InChI is InChI=1S/C18H18FN3O3/c1-10(16-11(2)22-24-12(16)3)8-20-18(23)14-9-21-25-17(14)13-6-4-5-7-15(13)19/h4-7,9-10H,8H2,1-3H3,(H,20,23). The summed E-state index contributed by atoms with van der Waals surface area (Å²) < 4.78 is 24.2. The Balaban J connectivity index is 1.75. The van der Waals surface area contributed by atoms with Gasteiger partial charge in [-0.3, -0.25) is 4.79 Å². The predicted octanol–water partition coefficient (Wildman–Crippen LogP) is 3.62. The molecule has 3 rings (SSSR count). The van der Waals surface area contributed by atoms with Crippen LogP contribution in [0.4, 0.5) is 4.39 Å². The van der Waals surface area contributed by atoms with Gasteiger partial charge in [-0.1, -0.05) is 29.4 Å². The number of aryl methyl sites for hydroxylation is 2. The van der Waals surface area contributed by atoms with Crippen LogP contribution in [-0.2, 0) is 0 Å². The summed E-state index contributed by atoms with van der Waals surface area (Å²) in [5, 5.41) is 10.4. The Morgan fingerprint density at radius 3 is 2.72 bits per heavy atom. The molecule has 0 aliphatic carbocycles. The van der Waals surface area contributed by atoms with Crippen molar-refractivity contribution < 1.29 is 18.2 Å². The molecule has 0 radical (unpaired) electrons. The summed E-state index contributed by atoms with van der Waals surface area (Å²) >= 11 is 0. The molecule has 3 aromatic rings. The van der Waals surface area contributed by atoms with Gasteiger partial charge in [0.25, 0.3) is 5.91 Å². The third-order valence-corrected chi connectivity index (χ3v) is 4.08. The van der Waals surface area contributed by atoms with E-state index in [2.05, 4.69) is 15.6 Å². The Bertz CT molecular complexity index is 881. The number of carbonyl (C=O) groups excluding carboxylic acids is 1. The van der Waals surface area contributed by atoms with Crippen molar-refractivity contribution in [2.75, 3.05) is 6.54 Å². The fraction of sp³-hybridized carbons (Fsp3) is 0.278. The number of halogens is 1. The minimum Gasteiger partial charge on any atom is -0.361 e. The highest BCUT2D eigenvalue weighted by Gasteiger charge is 2.22. The lowest BCUT2D eigenvalue weighted by atomic mass is 9.99. The summed E-state index contributed by atoms with van der Waals surface area (Å²) in [5.41, 5.74) is 2.16. The average Bonchev–Trinajstić information content (AvgIpc) is 3.20. The van der Waals surface area contributed by atoms with Crippen LogP contribution in [0.15, 0.2) is 39.5 Å². The average molecular weight is 343 g/mol. The molecule has 25 heavy (non-hydrogen) atoms. The van der Waals surface area contributed by atoms with Crippen LogP contribution in [0.25, 0.3) is 11.3 Å². The molecule has 0 aliphatic rings. The minimum absolute atomic E-state index is 0.0203. The number of hydrogen-bond acceptors (Lipinski definition) is 5. The van der Waals surface area contributed by atoms with Gasteiger partial charge in [0.15, 0.2) is 5.76 Å². The summed E-state index contributed by atoms with van der Waals surface area (Å²) in [4.78, 5) is 12.5. The van der Waals surface area contributed by atoms with Gasteiger partial charge in [-0.05, 0) is 26.0 Å². The summed E-state index contributed by atoms with van der Waals surface area (Å²) in [6.07, 6.45) is 1.29. The lowest BCUT2D eigenvalue weighted by Gasteiger charge is -2.12. The highest BCUT2D eigenvalue weighted by Crippen LogP contribution is 2.26. The topological polar surface area (TPSA) is 81.2 Å². The molecule has 0 spiro atoms. The van der Waals surface area contributed by atoms with E-state index in [1.807, 2.05) is 20.8 Å². The molecule has 0 fully saturated rings. The highest BCUT2D eigenvalue weighted by molar-refractivity contribution is 5.99. The van der Waals surface area contributed by atoms with Crippen molar-refractivity contribution in [2.24, 2.45) is 0 Å². The fourth-order valence-electron chi connectivity index (χ4n) is 2.88. The van der Waals surface area contributed by atoms with Crippen LogP contribution in [0.1, 0.15) is 40.2 Å². The molecule has 1 atom stereocenters. The van der Waals surface area contributed by atoms with E-state index in [1.165, 1.54) is 12.3 Å². The number of hydrogen-bond donors (Lipinski definition) is 1. The lowest BCUT2D eigenvalue weighted by Crippen LogP contribution is -2.28. The van der Waals surface area contributed by atoms with Gasteiger partial charge in [-0.2, -0.15) is 0 Å². The Labute approximate surface area is 144 Å². The molecule has 7 heteroatoms. The van der Waals surface area contributed by atoms with E-state index in [1.54, 1.807) is 18.2 Å². The summed E-state index contributed by atoms with van der Waals surface area (Å²) in [6.45, 7) is 6.05. The molecule has 0 saturated carbocycles. The number of carbonyl (C=O) groups is 1. The zero-order valence-corrected chi connectivity index (χ0v) is 14.2. The van der Waals surface area contributed by atoms with Crippen LogP contribution in [0.5, 0.6) is 0 Å². The molecule has 6 nitrogen and oxygen atoms in total. The van der Waals surface area contributed by atoms with E-state index in [4.69, 9.17) is 9.05 Å². The van der Waals surface area contributed by atoms with Gasteiger partial charge in [0.2, 0.25) is 0 Å². The van der Waals surface area contributed by atoms with Crippen LogP contribution < -0.4 is 5.32 Å². The number of rotatable bonds is 5. The quantitative estimate of drug-likeness (QED) is 0.765. The Morgan fingerprint density at radius 2 is 2.04 bits per heavy atom. The van der Waals surface area contributed by atoms with Crippen molar-refractivity contribution in [1.82, 2.24) is 15.6 Å². The second-order valence-corrected chi connectivity index (χ2v) is 5.90. The van der Waals surface area contributed by atoms with Crippen molar-refractivity contribution >= 4 is 5.91 Å². The molecule has 0 bridgehead atoms. The third-order valence-electron chi connectivity index (χ3n) is 4.08. The number of nitrogens with zero attached hydrogens (tertiary/aromatic N) is 2. The molecule has 0 saturated heterocycles. The number of benzene rings is 1. The first-order valence-corrected chi connectivity index (χ1v) is 7.89. The Kier molecular flexibility index (Phi) is 4.65. The van der Waals surface area contributed by atoms with E-state index in [-0.39, 0.29) is 28.7 Å². The number of amides is 1. The maximum atomic E-state index is 13.9. The van der Waals surface area contributed by atoms with E-state index < -0.39 is 5.82 Å². The normalized spacial score (nSPS) is 12.2. The third kappa shape index (κ3) is 3.31. The first-order valence-electron chi connectivity index (χ1n) is 7.89. The van der Waals surface area contributed by atoms with Gasteiger partial charge in [0, 0.05) is 18.0 Å². The van der Waals surface area contributed by atoms with Crippen molar-refractivity contribution in [3.8, 4) is 11.3 Å². The Hall–Kier alpha value is -2.96. The van der Waals surface area contributed by atoms with Crippen molar-refractivity contribution in [1.29, 1.82) is 0 Å². The monoisotopic (exact) mass is 343 g/mol. The van der Waals surface area contributed by atoms with Gasteiger partial charge >= 0.3 is 0 Å². The largest absolute Gasteiger partial charge is 0.361 e. The van der Waals surface area contributed by atoms with Crippen LogP contribution in [-0.4, -0.2) is 22.8 Å². The van der Waals surface area contributed by atoms with Gasteiger partial charge < -0.3 is 14.4 Å². The molecule has 130 valence electrons. The molecule has 1 unspecified atom stereocenters. The molecule has 1 amide bonds. The Morgan fingerprint density at radius 1 is 1.28 bits per heavy atom. The van der Waals surface area contributed by atoms with Crippen molar-refractivity contribution in [3.05, 3.63) is 58.9 Å². The maximum absolute atomic E-state index is 13.9. The van der Waals surface area contributed by atoms with E-state index in [0.717, 1.165) is 17.0 Å². The molecule has 1 aromatic carbocycles. The summed E-state index contributed by atoms with van der Waals surface area (Å²) in [7, 11) is 0. The second kappa shape index (κ2) is 6.88. The minimum atomic E-state index is -0.475. The number of nitrogens with one attached hydrogen (secondary N) is 1. The molecule has 2 heterocycles. The molecule has 1 N–H and O–H groups in total. The van der Waals surface area contributed by atoms with E-state index in [0.29, 0.717) is 6.54 Å². The first kappa shape index (κ1) is 16.9. The summed E-state index contributed by atoms with van der Waals surface area (Å²) in [5.74, 6) is 0.0133. The molecule has 2 aromatic heterocycles. The van der Waals surface area contributed by atoms with Crippen LogP contribution in [0.3, 0.4) is 0 Å². The van der Waals surface area contributed by atoms with E-state index in [9.17, 15) is 9.18 Å². The summed E-state index contributed by atoms with van der Waals surface area (Å²) in [6, 6.07) is 6.08. The van der Waals surface area contributed by atoms with Crippen LogP contribution in [0.2, 0.25) is 0 Å². The second-order valence-electron chi connectivity index (χ2n) is 5.90. The maximum Gasteiger partial charge on any atom is 0.256 e. The predicted molar refractivity (Wildman–Crippen MR) is 88.6 cm³/mol. The van der Waals surface area contributed by atoms with Crippen molar-refractivity contribution in [2.45, 2.75) is 26.7 Å². The molecular formula is C18H18FN3O3. The van der Waals surface area contributed by atoms with Crippen molar-refractivity contribution in [3.63, 3.8) is 0 Å².